The third-order valence-electron chi connectivity index (χ3n) is 3.31. The summed E-state index contributed by atoms with van der Waals surface area (Å²) in [4.78, 5) is 30.1. The molecule has 6 nitrogen and oxygen atoms in total. The van der Waals surface area contributed by atoms with Gasteiger partial charge in [-0.2, -0.15) is 0 Å². The zero-order valence-corrected chi connectivity index (χ0v) is 15.0. The number of hydrogen-bond acceptors (Lipinski definition) is 4. The molecule has 0 spiro atoms. The van der Waals surface area contributed by atoms with Crippen molar-refractivity contribution in [3.8, 4) is 5.75 Å². The van der Waals surface area contributed by atoms with Crippen molar-refractivity contribution in [2.24, 2.45) is 0 Å². The molecule has 0 fully saturated rings. The zero-order valence-electron chi connectivity index (χ0n) is 13.5. The highest BCUT2D eigenvalue weighted by atomic mass is 79.9. The number of nitrogens with zero attached hydrogens (tertiary/aromatic N) is 2. The fraction of sp³-hybridized carbons (Fsp3) is 0.235. The number of carbonyl (C=O) groups excluding carboxylic acids is 2. The maximum Gasteiger partial charge on any atom is 0.255 e. The number of methoxy groups -OCH3 is 1. The average molecular weight is 392 g/mol. The van der Waals surface area contributed by atoms with E-state index in [-0.39, 0.29) is 18.4 Å². The van der Waals surface area contributed by atoms with Crippen LogP contribution in [0.25, 0.3) is 0 Å². The predicted molar refractivity (Wildman–Crippen MR) is 95.1 cm³/mol. The molecule has 1 N–H and O–H groups in total. The van der Waals surface area contributed by atoms with Gasteiger partial charge in [-0.15, -0.1) is 0 Å². The van der Waals surface area contributed by atoms with E-state index in [1.54, 1.807) is 43.6 Å². The fourth-order valence-corrected chi connectivity index (χ4v) is 2.48. The first-order valence-electron chi connectivity index (χ1n) is 7.37. The minimum absolute atomic E-state index is 0.0426. The van der Waals surface area contributed by atoms with Gasteiger partial charge in [0.05, 0.1) is 12.7 Å². The number of rotatable bonds is 6. The molecule has 1 aromatic heterocycles. The number of hydrogen-bond donors (Lipinski definition) is 1. The van der Waals surface area contributed by atoms with Gasteiger partial charge in [0.15, 0.2) is 0 Å². The number of pyridine rings is 1. The van der Waals surface area contributed by atoms with Crippen molar-refractivity contribution in [3.63, 3.8) is 0 Å². The Kier molecular flexibility index (Phi) is 6.31. The van der Waals surface area contributed by atoms with E-state index in [0.29, 0.717) is 28.0 Å². The largest absolute Gasteiger partial charge is 0.497 e. The standard InChI is InChI=1S/C17H18BrN3O3/c1-3-21(17(23)12-7-13(18)10-19-9-12)11-16(22)20-14-5-4-6-15(8-14)24-2/h4-10H,3,11H2,1-2H3,(H,20,22). The quantitative estimate of drug-likeness (QED) is 0.821. The first kappa shape index (κ1) is 17.9. The third kappa shape index (κ3) is 4.79. The normalized spacial score (nSPS) is 10.1. The van der Waals surface area contributed by atoms with Crippen molar-refractivity contribution in [3.05, 3.63) is 52.8 Å². The molecule has 0 radical (unpaired) electrons. The molecule has 1 aromatic carbocycles. The molecule has 2 aromatic rings. The summed E-state index contributed by atoms with van der Waals surface area (Å²) >= 11 is 3.29. The van der Waals surface area contributed by atoms with Crippen LogP contribution in [0, 0.1) is 0 Å². The van der Waals surface area contributed by atoms with Gasteiger partial charge in [0.1, 0.15) is 12.3 Å². The maximum atomic E-state index is 12.5. The Bertz CT molecular complexity index is 737. The lowest BCUT2D eigenvalue weighted by atomic mass is 10.2. The molecular weight excluding hydrogens is 374 g/mol. The van der Waals surface area contributed by atoms with E-state index in [1.807, 2.05) is 6.92 Å². The minimum atomic E-state index is -0.276. The van der Waals surface area contributed by atoms with Crippen LogP contribution in [0.1, 0.15) is 17.3 Å². The van der Waals surface area contributed by atoms with E-state index >= 15 is 0 Å². The van der Waals surface area contributed by atoms with E-state index < -0.39 is 0 Å². The van der Waals surface area contributed by atoms with Gasteiger partial charge >= 0.3 is 0 Å². The summed E-state index contributed by atoms with van der Waals surface area (Å²) in [6.45, 7) is 2.19. The van der Waals surface area contributed by atoms with Crippen LogP contribution in [0.4, 0.5) is 5.69 Å². The molecule has 0 bridgehead atoms. The van der Waals surface area contributed by atoms with Gasteiger partial charge in [0.25, 0.3) is 5.91 Å². The Balaban J connectivity index is 2.03. The Labute approximate surface area is 149 Å². The van der Waals surface area contributed by atoms with Crippen LogP contribution < -0.4 is 10.1 Å². The molecule has 0 unspecified atom stereocenters. The highest BCUT2D eigenvalue weighted by Crippen LogP contribution is 2.17. The zero-order chi connectivity index (χ0) is 17.5. The SMILES string of the molecule is CCN(CC(=O)Nc1cccc(OC)c1)C(=O)c1cncc(Br)c1. The second-order valence-corrected chi connectivity index (χ2v) is 5.91. The summed E-state index contributed by atoms with van der Waals surface area (Å²) in [5.41, 5.74) is 1.05. The van der Waals surface area contributed by atoms with Gasteiger partial charge < -0.3 is 15.0 Å². The van der Waals surface area contributed by atoms with Gasteiger partial charge in [0.2, 0.25) is 5.91 Å². The summed E-state index contributed by atoms with van der Waals surface area (Å²) in [7, 11) is 1.56. The van der Waals surface area contributed by atoms with Crippen molar-refractivity contribution in [1.29, 1.82) is 0 Å². The maximum absolute atomic E-state index is 12.5. The summed E-state index contributed by atoms with van der Waals surface area (Å²) in [6, 6.07) is 8.73. The first-order chi connectivity index (χ1) is 11.5. The van der Waals surface area contributed by atoms with Crippen molar-refractivity contribution in [1.82, 2.24) is 9.88 Å². The number of likely N-dealkylation sites (N-methyl/N-ethyl adjacent to an activating group) is 1. The summed E-state index contributed by atoms with van der Waals surface area (Å²) < 4.78 is 5.83. The monoisotopic (exact) mass is 391 g/mol. The second-order valence-electron chi connectivity index (χ2n) is 4.99. The molecule has 0 aliphatic rings. The molecule has 2 rings (SSSR count). The van der Waals surface area contributed by atoms with Gasteiger partial charge in [-0.1, -0.05) is 6.07 Å². The summed E-state index contributed by atoms with van der Waals surface area (Å²) in [5.74, 6) is 0.130. The van der Waals surface area contributed by atoms with Gasteiger partial charge in [-0.05, 0) is 41.1 Å². The Morgan fingerprint density at radius 3 is 2.75 bits per heavy atom. The molecule has 2 amide bonds. The topological polar surface area (TPSA) is 71.5 Å². The number of anilines is 1. The van der Waals surface area contributed by atoms with Crippen LogP contribution in [-0.2, 0) is 4.79 Å². The Morgan fingerprint density at radius 1 is 1.29 bits per heavy atom. The van der Waals surface area contributed by atoms with Crippen molar-refractivity contribution >= 4 is 33.4 Å². The average Bonchev–Trinajstić information content (AvgIpc) is 2.59. The first-order valence-corrected chi connectivity index (χ1v) is 8.16. The number of halogens is 1. The predicted octanol–water partition coefficient (Wildman–Crippen LogP) is 2.95. The molecule has 0 aliphatic heterocycles. The van der Waals surface area contributed by atoms with E-state index in [0.717, 1.165) is 0 Å². The van der Waals surface area contributed by atoms with E-state index in [2.05, 4.69) is 26.2 Å². The van der Waals surface area contributed by atoms with Gasteiger partial charge in [-0.25, -0.2) is 0 Å². The number of amides is 2. The number of nitrogens with one attached hydrogen (secondary N) is 1. The van der Waals surface area contributed by atoms with Gasteiger partial charge in [-0.3, -0.25) is 14.6 Å². The lowest BCUT2D eigenvalue weighted by Crippen LogP contribution is -2.37. The number of ether oxygens (including phenoxy) is 1. The molecule has 0 saturated heterocycles. The highest BCUT2D eigenvalue weighted by Gasteiger charge is 2.18. The Morgan fingerprint density at radius 2 is 2.08 bits per heavy atom. The lowest BCUT2D eigenvalue weighted by Gasteiger charge is -2.20. The smallest absolute Gasteiger partial charge is 0.255 e. The number of benzene rings is 1. The molecule has 24 heavy (non-hydrogen) atoms. The number of aromatic nitrogens is 1. The van der Waals surface area contributed by atoms with Crippen LogP contribution in [0.2, 0.25) is 0 Å². The lowest BCUT2D eigenvalue weighted by molar-refractivity contribution is -0.116. The van der Waals surface area contributed by atoms with Crippen molar-refractivity contribution < 1.29 is 14.3 Å². The molecule has 0 saturated carbocycles. The van der Waals surface area contributed by atoms with E-state index in [1.165, 1.54) is 11.1 Å². The molecular formula is C17H18BrN3O3. The molecule has 1 heterocycles. The molecule has 126 valence electrons. The van der Waals surface area contributed by atoms with Crippen molar-refractivity contribution in [2.75, 3.05) is 25.5 Å². The number of carbonyl (C=O) groups is 2. The van der Waals surface area contributed by atoms with Crippen LogP contribution >= 0.6 is 15.9 Å². The molecule has 0 atom stereocenters. The van der Waals surface area contributed by atoms with Crippen LogP contribution in [0.3, 0.4) is 0 Å². The fourth-order valence-electron chi connectivity index (χ4n) is 2.11. The van der Waals surface area contributed by atoms with Crippen molar-refractivity contribution in [2.45, 2.75) is 6.92 Å². The van der Waals surface area contributed by atoms with Crippen LogP contribution in [0.15, 0.2) is 47.2 Å². The summed E-state index contributed by atoms with van der Waals surface area (Å²) in [6.07, 6.45) is 3.08. The van der Waals surface area contributed by atoms with E-state index in [9.17, 15) is 9.59 Å². The highest BCUT2D eigenvalue weighted by molar-refractivity contribution is 9.10. The molecule has 0 aliphatic carbocycles. The molecule has 7 heteroatoms. The van der Waals surface area contributed by atoms with E-state index in [4.69, 9.17) is 4.74 Å². The summed E-state index contributed by atoms with van der Waals surface area (Å²) in [5, 5.41) is 2.76. The minimum Gasteiger partial charge on any atom is -0.497 e. The van der Waals surface area contributed by atoms with Gasteiger partial charge in [0, 0.05) is 35.2 Å². The van der Waals surface area contributed by atoms with Crippen LogP contribution in [-0.4, -0.2) is 41.9 Å². The third-order valence-corrected chi connectivity index (χ3v) is 3.74. The van der Waals surface area contributed by atoms with Crippen LogP contribution in [0.5, 0.6) is 5.75 Å². The Hall–Kier alpha value is -2.41. The second kappa shape index (κ2) is 8.44.